The fourth-order valence-corrected chi connectivity index (χ4v) is 6.69. The maximum Gasteiger partial charge on any atom is 0.270 e. The molecule has 1 aliphatic carbocycles. The summed E-state index contributed by atoms with van der Waals surface area (Å²) < 4.78 is 1.51. The highest BCUT2D eigenvalue weighted by molar-refractivity contribution is 5.96. The van der Waals surface area contributed by atoms with Crippen molar-refractivity contribution in [2.75, 3.05) is 26.2 Å². The Morgan fingerprint density at radius 2 is 1.52 bits per heavy atom. The van der Waals surface area contributed by atoms with Crippen LogP contribution in [0.2, 0.25) is 0 Å². The monoisotopic (exact) mass is 655 g/mol. The topological polar surface area (TPSA) is 129 Å². The Bertz CT molecular complexity index is 1510. The van der Waals surface area contributed by atoms with Gasteiger partial charge in [-0.25, -0.2) is 0 Å². The van der Waals surface area contributed by atoms with E-state index in [1.165, 1.54) is 10.2 Å². The summed E-state index contributed by atoms with van der Waals surface area (Å²) in [6, 6.07) is 18.5. The van der Waals surface area contributed by atoms with Crippen molar-refractivity contribution in [1.82, 2.24) is 35.5 Å². The van der Waals surface area contributed by atoms with Crippen molar-refractivity contribution in [2.45, 2.75) is 77.0 Å². The van der Waals surface area contributed by atoms with Gasteiger partial charge in [-0.2, -0.15) is 5.10 Å². The van der Waals surface area contributed by atoms with Gasteiger partial charge in [-0.1, -0.05) is 80.8 Å². The molecule has 1 unspecified atom stereocenters. The van der Waals surface area contributed by atoms with Crippen LogP contribution in [0.4, 0.5) is 0 Å². The molecule has 2 fully saturated rings. The molecule has 4 amide bonds. The van der Waals surface area contributed by atoms with Crippen LogP contribution in [0.1, 0.15) is 72.6 Å². The lowest BCUT2D eigenvalue weighted by atomic mass is 9.83. The zero-order valence-corrected chi connectivity index (χ0v) is 28.2. The molecule has 0 radical (unpaired) electrons. The van der Waals surface area contributed by atoms with Gasteiger partial charge >= 0.3 is 0 Å². The van der Waals surface area contributed by atoms with Gasteiger partial charge in [-0.05, 0) is 41.5 Å². The van der Waals surface area contributed by atoms with Crippen LogP contribution in [0.5, 0.6) is 0 Å². The average Bonchev–Trinajstić information content (AvgIpc) is 3.56. The minimum Gasteiger partial charge on any atom is -0.350 e. The van der Waals surface area contributed by atoms with Crippen molar-refractivity contribution in [3.05, 3.63) is 89.2 Å². The lowest BCUT2D eigenvalue weighted by molar-refractivity contribution is -0.138. The number of aromatic nitrogens is 2. The van der Waals surface area contributed by atoms with Crippen molar-refractivity contribution in [3.8, 4) is 0 Å². The van der Waals surface area contributed by atoms with Gasteiger partial charge in [0.2, 0.25) is 17.7 Å². The van der Waals surface area contributed by atoms with Gasteiger partial charge in [0, 0.05) is 65.4 Å². The van der Waals surface area contributed by atoms with E-state index in [0.29, 0.717) is 38.2 Å². The van der Waals surface area contributed by atoms with Crippen LogP contribution >= 0.6 is 0 Å². The molecule has 1 aromatic heterocycles. The Balaban J connectivity index is 1.16. The number of aryl methyl sites for hydroxylation is 1. The molecule has 256 valence electrons. The van der Waals surface area contributed by atoms with E-state index in [9.17, 15) is 19.2 Å². The highest BCUT2D eigenvalue weighted by Gasteiger charge is 2.32. The Morgan fingerprint density at radius 1 is 0.833 bits per heavy atom. The standard InChI is InChI=1S/C37H49N7O4/c1-3-33(45)40-31(37(48)44-22-20-43(21-23-44)26-29-10-6-4-7-11-29)24-27-14-16-28(17-15-27)25-38-36(47)34(30-12-8-5-9-13-30)41-35(46)32-18-19-39-42(32)2/h4,6-7,10-11,14-19,30-31,34H,3,5,8-9,12-13,20-26H2,1-2H3,(H,38,47)(H,40,45)(H,41,46)/t31?,34-/m0/s1. The highest BCUT2D eigenvalue weighted by Crippen LogP contribution is 2.27. The first-order valence-corrected chi connectivity index (χ1v) is 17.3. The third-order valence-electron chi connectivity index (χ3n) is 9.56. The van der Waals surface area contributed by atoms with E-state index in [1.54, 1.807) is 26.2 Å². The number of benzene rings is 2. The van der Waals surface area contributed by atoms with Crippen LogP contribution in [0, 0.1) is 5.92 Å². The fraction of sp³-hybridized carbons (Fsp3) is 0.486. The minimum absolute atomic E-state index is 0.0607. The number of piperazine rings is 1. The number of nitrogens with one attached hydrogen (secondary N) is 3. The lowest BCUT2D eigenvalue weighted by Crippen LogP contribution is -2.55. The van der Waals surface area contributed by atoms with Crippen molar-refractivity contribution in [2.24, 2.45) is 13.0 Å². The Kier molecular flexibility index (Phi) is 12.4. The summed E-state index contributed by atoms with van der Waals surface area (Å²) in [5.41, 5.74) is 3.50. The quantitative estimate of drug-likeness (QED) is 0.260. The summed E-state index contributed by atoms with van der Waals surface area (Å²) in [4.78, 5) is 56.7. The summed E-state index contributed by atoms with van der Waals surface area (Å²) in [7, 11) is 1.71. The van der Waals surface area contributed by atoms with Gasteiger partial charge in [0.1, 0.15) is 17.8 Å². The van der Waals surface area contributed by atoms with Gasteiger partial charge in [-0.15, -0.1) is 0 Å². The Labute approximate surface area is 283 Å². The van der Waals surface area contributed by atoms with Gasteiger partial charge in [0.15, 0.2) is 0 Å². The predicted molar refractivity (Wildman–Crippen MR) is 184 cm³/mol. The molecule has 2 aromatic carbocycles. The van der Waals surface area contributed by atoms with Crippen LogP contribution in [-0.4, -0.2) is 81.5 Å². The summed E-state index contributed by atoms with van der Waals surface area (Å²) in [6.45, 7) is 5.75. The van der Waals surface area contributed by atoms with E-state index in [4.69, 9.17) is 0 Å². The number of amides is 4. The van der Waals surface area contributed by atoms with E-state index >= 15 is 0 Å². The van der Waals surface area contributed by atoms with Crippen LogP contribution < -0.4 is 16.0 Å². The largest absolute Gasteiger partial charge is 0.350 e. The third kappa shape index (κ3) is 9.53. The van der Waals surface area contributed by atoms with E-state index in [-0.39, 0.29) is 29.5 Å². The Hall–Kier alpha value is -4.51. The molecule has 2 atom stereocenters. The molecule has 2 aliphatic rings. The first kappa shape index (κ1) is 34.8. The molecule has 11 heteroatoms. The molecular formula is C37H49N7O4. The van der Waals surface area contributed by atoms with Crippen LogP contribution in [0.3, 0.4) is 0 Å². The van der Waals surface area contributed by atoms with Crippen LogP contribution in [0.25, 0.3) is 0 Å². The number of hydrogen-bond acceptors (Lipinski definition) is 6. The fourth-order valence-electron chi connectivity index (χ4n) is 6.69. The van der Waals surface area contributed by atoms with Gasteiger partial charge < -0.3 is 20.9 Å². The van der Waals surface area contributed by atoms with Crippen LogP contribution in [0.15, 0.2) is 66.9 Å². The summed E-state index contributed by atoms with van der Waals surface area (Å²) in [5, 5.41) is 13.1. The Morgan fingerprint density at radius 3 is 2.17 bits per heavy atom. The first-order chi connectivity index (χ1) is 23.3. The highest BCUT2D eigenvalue weighted by atomic mass is 16.2. The molecule has 1 saturated heterocycles. The summed E-state index contributed by atoms with van der Waals surface area (Å²) in [6.07, 6.45) is 7.29. The number of nitrogens with zero attached hydrogens (tertiary/aromatic N) is 4. The normalized spacial score (nSPS) is 16.9. The molecule has 2 heterocycles. The summed E-state index contributed by atoms with van der Waals surface area (Å²) >= 11 is 0. The van der Waals surface area contributed by atoms with E-state index < -0.39 is 12.1 Å². The smallest absolute Gasteiger partial charge is 0.270 e. The van der Waals surface area contributed by atoms with Gasteiger partial charge in [-0.3, -0.25) is 28.8 Å². The van der Waals surface area contributed by atoms with Crippen molar-refractivity contribution < 1.29 is 19.2 Å². The minimum atomic E-state index is -0.650. The second-order valence-corrected chi connectivity index (χ2v) is 13.0. The SMILES string of the molecule is CCC(=O)NC(Cc1ccc(CNC(=O)[C@@H](NC(=O)c2ccnn2C)C2CCCCC2)cc1)C(=O)N1CCN(Cc2ccccc2)CC1. The number of carbonyl (C=O) groups is 4. The first-order valence-electron chi connectivity index (χ1n) is 17.3. The molecule has 1 aliphatic heterocycles. The van der Waals surface area contributed by atoms with Gasteiger partial charge in [0.05, 0.1) is 0 Å². The van der Waals surface area contributed by atoms with Crippen molar-refractivity contribution in [3.63, 3.8) is 0 Å². The molecule has 0 spiro atoms. The lowest BCUT2D eigenvalue weighted by Gasteiger charge is -2.36. The molecular weight excluding hydrogens is 606 g/mol. The van der Waals surface area contributed by atoms with Crippen LogP contribution in [-0.2, 0) is 40.9 Å². The van der Waals surface area contributed by atoms with E-state index in [1.807, 2.05) is 47.4 Å². The zero-order chi connectivity index (χ0) is 33.9. The van der Waals surface area contributed by atoms with Gasteiger partial charge in [0.25, 0.3) is 5.91 Å². The van der Waals surface area contributed by atoms with Crippen molar-refractivity contribution >= 4 is 23.6 Å². The maximum absolute atomic E-state index is 13.6. The molecule has 3 N–H and O–H groups in total. The average molecular weight is 656 g/mol. The van der Waals surface area contributed by atoms with E-state index in [0.717, 1.165) is 62.9 Å². The molecule has 11 nitrogen and oxygen atoms in total. The van der Waals surface area contributed by atoms with E-state index in [2.05, 4.69) is 38.1 Å². The second kappa shape index (κ2) is 17.1. The molecule has 5 rings (SSSR count). The molecule has 3 aromatic rings. The number of carbonyl (C=O) groups excluding carboxylic acids is 4. The maximum atomic E-state index is 13.6. The predicted octanol–water partition coefficient (Wildman–Crippen LogP) is 3.20. The summed E-state index contributed by atoms with van der Waals surface area (Å²) in [5.74, 6) is -0.637. The zero-order valence-electron chi connectivity index (χ0n) is 28.2. The molecule has 0 bridgehead atoms. The number of hydrogen-bond donors (Lipinski definition) is 3. The number of rotatable bonds is 13. The molecule has 48 heavy (non-hydrogen) atoms. The van der Waals surface area contributed by atoms with Crippen molar-refractivity contribution in [1.29, 1.82) is 0 Å². The third-order valence-corrected chi connectivity index (χ3v) is 9.56. The molecule has 1 saturated carbocycles. The second-order valence-electron chi connectivity index (χ2n) is 13.0.